The molecule has 0 saturated carbocycles. The number of imidazole rings is 1. The zero-order valence-corrected chi connectivity index (χ0v) is 11.2. The lowest BCUT2D eigenvalue weighted by atomic mass is 10.3. The maximum absolute atomic E-state index is 11.5. The summed E-state index contributed by atoms with van der Waals surface area (Å²) in [6, 6.07) is 1.95. The van der Waals surface area contributed by atoms with Gasteiger partial charge in [-0.1, -0.05) is 0 Å². The molecule has 0 amide bonds. The number of esters is 1. The lowest BCUT2D eigenvalue weighted by molar-refractivity contribution is 0.0520. The van der Waals surface area contributed by atoms with Crippen LogP contribution in [0.25, 0.3) is 5.65 Å². The fourth-order valence-corrected chi connectivity index (χ4v) is 1.86. The number of carbonyl (C=O) groups excluding carboxylic acids is 1. The standard InChI is InChI=1S/C11H11IN2O2/c1-3-16-11(15)9-6-14-5-8(12)7(2)4-10(14)13-9/h4-6H,3H2,1-2H3. The van der Waals surface area contributed by atoms with E-state index in [-0.39, 0.29) is 5.97 Å². The van der Waals surface area contributed by atoms with E-state index in [4.69, 9.17) is 4.74 Å². The van der Waals surface area contributed by atoms with Crippen LogP contribution in [0.4, 0.5) is 0 Å². The number of hydrogen-bond donors (Lipinski definition) is 0. The molecule has 2 rings (SSSR count). The minimum absolute atomic E-state index is 0.350. The molecule has 0 atom stereocenters. The topological polar surface area (TPSA) is 43.6 Å². The lowest BCUT2D eigenvalue weighted by Gasteiger charge is -1.98. The third-order valence-electron chi connectivity index (χ3n) is 2.22. The van der Waals surface area contributed by atoms with E-state index < -0.39 is 0 Å². The first-order valence-corrected chi connectivity index (χ1v) is 6.01. The van der Waals surface area contributed by atoms with Crippen molar-refractivity contribution in [3.8, 4) is 0 Å². The summed E-state index contributed by atoms with van der Waals surface area (Å²) in [6.45, 7) is 4.16. The minimum atomic E-state index is -0.376. The highest BCUT2D eigenvalue weighted by molar-refractivity contribution is 14.1. The molecule has 0 saturated heterocycles. The molecule has 2 aromatic rings. The Kier molecular flexibility index (Phi) is 3.13. The van der Waals surface area contributed by atoms with E-state index in [2.05, 4.69) is 27.6 Å². The molecule has 0 aliphatic heterocycles. The van der Waals surface area contributed by atoms with Crippen LogP contribution < -0.4 is 0 Å². The van der Waals surface area contributed by atoms with E-state index in [0.29, 0.717) is 12.3 Å². The average Bonchev–Trinajstić information content (AvgIpc) is 2.62. The molecule has 0 aliphatic carbocycles. The highest BCUT2D eigenvalue weighted by atomic mass is 127. The zero-order valence-electron chi connectivity index (χ0n) is 9.03. The zero-order chi connectivity index (χ0) is 11.7. The van der Waals surface area contributed by atoms with Crippen LogP contribution in [0.1, 0.15) is 23.0 Å². The summed E-state index contributed by atoms with van der Waals surface area (Å²) >= 11 is 2.25. The Labute approximate surface area is 107 Å². The first kappa shape index (κ1) is 11.4. The largest absolute Gasteiger partial charge is 0.461 e. The highest BCUT2D eigenvalue weighted by Gasteiger charge is 2.12. The predicted molar refractivity (Wildman–Crippen MR) is 68.6 cm³/mol. The van der Waals surface area contributed by atoms with E-state index in [1.165, 1.54) is 0 Å². The summed E-state index contributed by atoms with van der Waals surface area (Å²) in [5.41, 5.74) is 2.26. The molecule has 0 radical (unpaired) electrons. The van der Waals surface area contributed by atoms with Gasteiger partial charge in [0.05, 0.1) is 6.61 Å². The minimum Gasteiger partial charge on any atom is -0.461 e. The molecule has 0 spiro atoms. The third-order valence-corrected chi connectivity index (χ3v) is 3.35. The molecule has 2 aromatic heterocycles. The third kappa shape index (κ3) is 2.04. The summed E-state index contributed by atoms with van der Waals surface area (Å²) in [4.78, 5) is 15.7. The van der Waals surface area contributed by atoms with Crippen LogP contribution in [0.2, 0.25) is 0 Å². The Balaban J connectivity index is 2.48. The van der Waals surface area contributed by atoms with Crippen molar-refractivity contribution in [3.05, 3.63) is 33.3 Å². The molecule has 84 valence electrons. The van der Waals surface area contributed by atoms with Crippen LogP contribution in [-0.2, 0) is 4.74 Å². The first-order chi connectivity index (χ1) is 7.61. The second-order valence-electron chi connectivity index (χ2n) is 3.42. The molecular weight excluding hydrogens is 319 g/mol. The van der Waals surface area contributed by atoms with Crippen LogP contribution in [0.3, 0.4) is 0 Å². The molecule has 2 heterocycles. The van der Waals surface area contributed by atoms with Gasteiger partial charge >= 0.3 is 5.97 Å². The Morgan fingerprint density at radius 1 is 1.56 bits per heavy atom. The van der Waals surface area contributed by atoms with Crippen LogP contribution >= 0.6 is 22.6 Å². The SMILES string of the molecule is CCOC(=O)c1cn2cc(I)c(C)cc2n1. The number of halogens is 1. The van der Waals surface area contributed by atoms with Gasteiger partial charge in [-0.25, -0.2) is 9.78 Å². The van der Waals surface area contributed by atoms with Crippen molar-refractivity contribution in [1.82, 2.24) is 9.38 Å². The molecular formula is C11H11IN2O2. The summed E-state index contributed by atoms with van der Waals surface area (Å²) < 4.78 is 7.87. The fraction of sp³-hybridized carbons (Fsp3) is 0.273. The van der Waals surface area contributed by atoms with Crippen molar-refractivity contribution in [2.45, 2.75) is 13.8 Å². The van der Waals surface area contributed by atoms with Gasteiger partial charge in [-0.15, -0.1) is 0 Å². The number of ether oxygens (including phenoxy) is 1. The second kappa shape index (κ2) is 4.40. The van der Waals surface area contributed by atoms with E-state index >= 15 is 0 Å². The van der Waals surface area contributed by atoms with Crippen molar-refractivity contribution in [2.75, 3.05) is 6.61 Å². The molecule has 0 unspecified atom stereocenters. The smallest absolute Gasteiger partial charge is 0.358 e. The molecule has 0 N–H and O–H groups in total. The number of hydrogen-bond acceptors (Lipinski definition) is 3. The molecule has 0 fully saturated rings. The predicted octanol–water partition coefficient (Wildman–Crippen LogP) is 2.42. The Morgan fingerprint density at radius 2 is 2.31 bits per heavy atom. The number of aromatic nitrogens is 2. The molecule has 16 heavy (non-hydrogen) atoms. The number of nitrogens with zero attached hydrogens (tertiary/aromatic N) is 2. The van der Waals surface area contributed by atoms with Gasteiger partial charge in [0.1, 0.15) is 5.65 Å². The van der Waals surface area contributed by atoms with Gasteiger partial charge in [0.2, 0.25) is 0 Å². The van der Waals surface area contributed by atoms with Crippen molar-refractivity contribution in [1.29, 1.82) is 0 Å². The van der Waals surface area contributed by atoms with Crippen LogP contribution in [0.15, 0.2) is 18.5 Å². The lowest BCUT2D eigenvalue weighted by Crippen LogP contribution is -2.04. The van der Waals surface area contributed by atoms with Gasteiger partial charge in [-0.3, -0.25) is 0 Å². The van der Waals surface area contributed by atoms with Crippen molar-refractivity contribution >= 4 is 34.2 Å². The normalized spacial score (nSPS) is 10.7. The van der Waals surface area contributed by atoms with Crippen LogP contribution in [0.5, 0.6) is 0 Å². The molecule has 4 nitrogen and oxygen atoms in total. The van der Waals surface area contributed by atoms with Gasteiger partial charge in [0.15, 0.2) is 5.69 Å². The average molecular weight is 330 g/mol. The number of pyridine rings is 1. The molecule has 5 heteroatoms. The summed E-state index contributed by atoms with van der Waals surface area (Å²) in [7, 11) is 0. The molecule has 0 aromatic carbocycles. The number of carbonyl (C=O) groups is 1. The second-order valence-corrected chi connectivity index (χ2v) is 4.58. The maximum atomic E-state index is 11.5. The monoisotopic (exact) mass is 330 g/mol. The van der Waals surface area contributed by atoms with Gasteiger partial charge in [-0.2, -0.15) is 0 Å². The summed E-state index contributed by atoms with van der Waals surface area (Å²) in [5, 5.41) is 0. The Hall–Kier alpha value is -1.11. The Morgan fingerprint density at radius 3 is 3.00 bits per heavy atom. The maximum Gasteiger partial charge on any atom is 0.358 e. The number of rotatable bonds is 2. The van der Waals surface area contributed by atoms with Gasteiger partial charge in [0.25, 0.3) is 0 Å². The number of fused-ring (bicyclic) bond motifs is 1. The summed E-state index contributed by atoms with van der Waals surface area (Å²) in [5.74, 6) is -0.376. The molecule has 0 bridgehead atoms. The van der Waals surface area contributed by atoms with Crippen LogP contribution in [0, 0.1) is 10.5 Å². The molecule has 0 aliphatic rings. The van der Waals surface area contributed by atoms with E-state index in [9.17, 15) is 4.79 Å². The van der Waals surface area contributed by atoms with Gasteiger partial charge < -0.3 is 9.14 Å². The highest BCUT2D eigenvalue weighted by Crippen LogP contribution is 2.15. The number of aryl methyl sites for hydroxylation is 1. The van der Waals surface area contributed by atoms with E-state index in [1.54, 1.807) is 13.1 Å². The van der Waals surface area contributed by atoms with Crippen molar-refractivity contribution < 1.29 is 9.53 Å². The van der Waals surface area contributed by atoms with Gasteiger partial charge in [0, 0.05) is 16.0 Å². The van der Waals surface area contributed by atoms with Gasteiger partial charge in [-0.05, 0) is 48.1 Å². The summed E-state index contributed by atoms with van der Waals surface area (Å²) in [6.07, 6.45) is 3.63. The van der Waals surface area contributed by atoms with Crippen LogP contribution in [-0.4, -0.2) is 22.0 Å². The van der Waals surface area contributed by atoms with Crippen molar-refractivity contribution in [3.63, 3.8) is 0 Å². The van der Waals surface area contributed by atoms with E-state index in [0.717, 1.165) is 14.8 Å². The quantitative estimate of drug-likeness (QED) is 0.627. The Bertz CT molecular complexity index is 509. The van der Waals surface area contributed by atoms with Crippen molar-refractivity contribution in [2.24, 2.45) is 0 Å². The van der Waals surface area contributed by atoms with E-state index in [1.807, 2.05) is 23.6 Å². The fourth-order valence-electron chi connectivity index (χ4n) is 1.41. The first-order valence-electron chi connectivity index (χ1n) is 4.93.